The van der Waals surface area contributed by atoms with Crippen LogP contribution in [0.2, 0.25) is 0 Å². The molecule has 0 aliphatic heterocycles. The van der Waals surface area contributed by atoms with Gasteiger partial charge in [0.15, 0.2) is 0 Å². The monoisotopic (exact) mass is 791 g/mol. The van der Waals surface area contributed by atoms with Gasteiger partial charge in [0.2, 0.25) is 0 Å². The summed E-state index contributed by atoms with van der Waals surface area (Å²) in [6.45, 7) is 11.2. The number of rotatable bonds is 5. The van der Waals surface area contributed by atoms with Crippen LogP contribution >= 0.6 is 0 Å². The lowest BCUT2D eigenvalue weighted by Crippen LogP contribution is -2.26. The first-order valence-electron chi connectivity index (χ1n) is 21.8. The van der Waals surface area contributed by atoms with E-state index in [-0.39, 0.29) is 5.41 Å². The molecule has 0 amide bonds. The molecular weight excluding hydrogens is 747 g/mol. The Kier molecular flexibility index (Phi) is 7.93. The van der Waals surface area contributed by atoms with E-state index in [2.05, 4.69) is 232 Å². The number of anilines is 3. The number of benzene rings is 9. The maximum atomic E-state index is 4.19. The third-order valence-corrected chi connectivity index (χ3v) is 14.1. The van der Waals surface area contributed by atoms with Crippen LogP contribution in [0.1, 0.15) is 54.2 Å². The predicted octanol–water partition coefficient (Wildman–Crippen LogP) is 16.3. The van der Waals surface area contributed by atoms with Gasteiger partial charge in [0.05, 0.1) is 11.1 Å². The highest BCUT2D eigenvalue weighted by molar-refractivity contribution is 6.16. The minimum absolute atomic E-state index is 0.206. The third kappa shape index (κ3) is 4.79. The average Bonchev–Trinajstić information content (AvgIpc) is 3.87. The van der Waals surface area contributed by atoms with E-state index in [1.165, 1.54) is 105 Å². The molecule has 294 valence electrons. The van der Waals surface area contributed by atoms with E-state index >= 15 is 0 Å². The molecule has 1 spiro atoms. The molecule has 0 bridgehead atoms. The maximum absolute atomic E-state index is 4.19. The summed E-state index contributed by atoms with van der Waals surface area (Å²) in [6, 6.07) is 70.5. The number of fused-ring (bicyclic) bond motifs is 13. The fourth-order valence-corrected chi connectivity index (χ4v) is 11.8. The van der Waals surface area contributed by atoms with Crippen molar-refractivity contribution in [3.63, 3.8) is 0 Å². The van der Waals surface area contributed by atoms with E-state index in [9.17, 15) is 0 Å². The summed E-state index contributed by atoms with van der Waals surface area (Å²) in [6.07, 6.45) is 6.49. The van der Waals surface area contributed by atoms with Gasteiger partial charge in [0, 0.05) is 27.7 Å². The Bertz CT molecular complexity index is 3410. The van der Waals surface area contributed by atoms with Gasteiger partial charge in [-0.3, -0.25) is 0 Å². The van der Waals surface area contributed by atoms with Crippen molar-refractivity contribution in [3.05, 3.63) is 252 Å². The van der Waals surface area contributed by atoms with Crippen molar-refractivity contribution >= 4 is 44.2 Å². The van der Waals surface area contributed by atoms with Gasteiger partial charge in [0.25, 0.3) is 0 Å². The molecule has 12 rings (SSSR count). The van der Waals surface area contributed by atoms with Crippen LogP contribution in [0.25, 0.3) is 60.5 Å². The Morgan fingerprint density at radius 2 is 1.06 bits per heavy atom. The zero-order valence-electron chi connectivity index (χ0n) is 35.3. The van der Waals surface area contributed by atoms with E-state index in [0.29, 0.717) is 0 Å². The quantitative estimate of drug-likeness (QED) is 0.168. The van der Waals surface area contributed by atoms with E-state index in [1.54, 1.807) is 0 Å². The molecule has 0 fully saturated rings. The summed E-state index contributed by atoms with van der Waals surface area (Å²) in [5.41, 5.74) is 20.8. The SMILES string of the molecule is C=C/C=C1\C(=C/C)C2(c3ccccc31)c1ccccc1-c1ccc(N(c3ccc4ccccc4c3)c3c(-c4ccccc4)c4c(c5ccccc35)C(C)(C)c3ccccc3-4)cc12. The molecule has 1 heteroatoms. The normalized spacial score (nSPS) is 17.6. The summed E-state index contributed by atoms with van der Waals surface area (Å²) in [5, 5.41) is 4.95. The molecule has 1 nitrogen and oxygen atoms in total. The molecule has 0 aromatic heterocycles. The number of hydrogen-bond acceptors (Lipinski definition) is 1. The van der Waals surface area contributed by atoms with E-state index in [1.807, 2.05) is 6.08 Å². The van der Waals surface area contributed by atoms with E-state index < -0.39 is 5.41 Å². The zero-order valence-corrected chi connectivity index (χ0v) is 35.3. The van der Waals surface area contributed by atoms with E-state index in [0.717, 1.165) is 11.4 Å². The van der Waals surface area contributed by atoms with Gasteiger partial charge in [-0.25, -0.2) is 0 Å². The van der Waals surface area contributed by atoms with Gasteiger partial charge < -0.3 is 4.90 Å². The zero-order chi connectivity index (χ0) is 41.7. The van der Waals surface area contributed by atoms with Crippen molar-refractivity contribution in [3.8, 4) is 33.4 Å². The maximum Gasteiger partial charge on any atom is 0.0723 e. The number of allylic oxidation sites excluding steroid dienone is 5. The third-order valence-electron chi connectivity index (χ3n) is 14.1. The molecule has 3 aliphatic rings. The van der Waals surface area contributed by atoms with Crippen LogP contribution < -0.4 is 4.90 Å². The van der Waals surface area contributed by atoms with Gasteiger partial charge in [-0.15, -0.1) is 0 Å². The van der Waals surface area contributed by atoms with Crippen molar-refractivity contribution in [2.24, 2.45) is 0 Å². The molecule has 0 saturated carbocycles. The molecule has 9 aromatic carbocycles. The molecule has 1 unspecified atom stereocenters. The van der Waals surface area contributed by atoms with E-state index in [4.69, 9.17) is 0 Å². The van der Waals surface area contributed by atoms with Gasteiger partial charge in [-0.05, 0) is 120 Å². The summed E-state index contributed by atoms with van der Waals surface area (Å²) in [4.78, 5) is 2.58. The average molecular weight is 792 g/mol. The smallest absolute Gasteiger partial charge is 0.0723 e. The second kappa shape index (κ2) is 13.5. The number of hydrogen-bond donors (Lipinski definition) is 0. The Hall–Kier alpha value is -7.48. The molecular formula is C61H45N. The minimum Gasteiger partial charge on any atom is -0.309 e. The summed E-state index contributed by atoms with van der Waals surface area (Å²) in [7, 11) is 0. The Balaban J connectivity index is 1.24. The molecule has 0 N–H and O–H groups in total. The molecule has 1 atom stereocenters. The van der Waals surface area contributed by atoms with Crippen molar-refractivity contribution in [1.29, 1.82) is 0 Å². The lowest BCUT2D eigenvalue weighted by molar-refractivity contribution is 0.666. The van der Waals surface area contributed by atoms with Gasteiger partial charge in [-0.2, -0.15) is 0 Å². The van der Waals surface area contributed by atoms with Gasteiger partial charge in [0.1, 0.15) is 0 Å². The first-order chi connectivity index (χ1) is 30.5. The second-order valence-corrected chi connectivity index (χ2v) is 17.5. The molecule has 0 saturated heterocycles. The number of nitrogens with zero attached hydrogens (tertiary/aromatic N) is 1. The topological polar surface area (TPSA) is 3.24 Å². The second-order valence-electron chi connectivity index (χ2n) is 17.5. The van der Waals surface area contributed by atoms with Crippen LogP contribution in [-0.4, -0.2) is 0 Å². The first kappa shape index (κ1) is 36.4. The Morgan fingerprint density at radius 3 is 1.82 bits per heavy atom. The van der Waals surface area contributed by atoms with Crippen molar-refractivity contribution in [2.75, 3.05) is 4.90 Å². The minimum atomic E-state index is -0.512. The Labute approximate surface area is 364 Å². The standard InChI is InChI=1S/C61H45N/c1-5-20-44-45-25-14-18-31-53(45)61(51(44)6-2)54-32-19-15-26-46(54)47-36-35-43(38-55(47)61)62(42-34-33-39-21-10-11-24-41(39)37-42)59-49-28-13-12-27-48(49)58-57(56(59)40-22-8-7-9-23-40)50-29-16-17-30-52(50)60(58,3)4/h5-38H,1H2,2-4H3/b44-20-,51-6+. The van der Waals surface area contributed by atoms with Crippen LogP contribution in [0.5, 0.6) is 0 Å². The van der Waals surface area contributed by atoms with Crippen LogP contribution in [0.15, 0.2) is 218 Å². The van der Waals surface area contributed by atoms with Crippen LogP contribution in [0.4, 0.5) is 17.1 Å². The highest BCUT2D eigenvalue weighted by Gasteiger charge is 2.53. The van der Waals surface area contributed by atoms with Crippen LogP contribution in [0.3, 0.4) is 0 Å². The fourth-order valence-electron chi connectivity index (χ4n) is 11.8. The summed E-state index contributed by atoms with van der Waals surface area (Å²) < 4.78 is 0. The predicted molar refractivity (Wildman–Crippen MR) is 263 cm³/mol. The molecule has 0 radical (unpaired) electrons. The van der Waals surface area contributed by atoms with Gasteiger partial charge >= 0.3 is 0 Å². The highest BCUT2D eigenvalue weighted by Crippen LogP contribution is 2.65. The van der Waals surface area contributed by atoms with Crippen LogP contribution in [-0.2, 0) is 10.8 Å². The molecule has 0 heterocycles. The lowest BCUT2D eigenvalue weighted by atomic mass is 9.70. The van der Waals surface area contributed by atoms with Crippen molar-refractivity contribution in [2.45, 2.75) is 31.6 Å². The molecule has 3 aliphatic carbocycles. The molecule has 62 heavy (non-hydrogen) atoms. The largest absolute Gasteiger partial charge is 0.309 e. The van der Waals surface area contributed by atoms with Crippen molar-refractivity contribution < 1.29 is 0 Å². The molecule has 9 aromatic rings. The Morgan fingerprint density at radius 1 is 0.484 bits per heavy atom. The lowest BCUT2D eigenvalue weighted by Gasteiger charge is -2.34. The highest BCUT2D eigenvalue weighted by atomic mass is 15.1. The summed E-state index contributed by atoms with van der Waals surface area (Å²) >= 11 is 0. The first-order valence-corrected chi connectivity index (χ1v) is 21.8. The summed E-state index contributed by atoms with van der Waals surface area (Å²) in [5.74, 6) is 0. The van der Waals surface area contributed by atoms with Gasteiger partial charge in [-0.1, -0.05) is 202 Å². The van der Waals surface area contributed by atoms with Crippen molar-refractivity contribution in [1.82, 2.24) is 0 Å². The van der Waals surface area contributed by atoms with Crippen LogP contribution in [0, 0.1) is 0 Å². The fraction of sp³-hybridized carbons (Fsp3) is 0.0820.